The number of halogens is 1. The molecule has 3 rings (SSSR count). The van der Waals surface area contributed by atoms with Gasteiger partial charge in [0.05, 0.1) is 5.02 Å². The first-order valence-electron chi connectivity index (χ1n) is 8.23. The lowest BCUT2D eigenvalue weighted by Crippen LogP contribution is -2.16. The summed E-state index contributed by atoms with van der Waals surface area (Å²) >= 11 is 5.83. The first kappa shape index (κ1) is 19.9. The highest BCUT2D eigenvalue weighted by atomic mass is 35.5. The maximum absolute atomic E-state index is 12.4. The van der Waals surface area contributed by atoms with Gasteiger partial charge in [0.25, 0.3) is 5.91 Å². The molecule has 0 atom stereocenters. The van der Waals surface area contributed by atoms with E-state index in [1.807, 2.05) is 30.3 Å². The van der Waals surface area contributed by atoms with Crippen molar-refractivity contribution in [2.75, 3.05) is 5.32 Å². The summed E-state index contributed by atoms with van der Waals surface area (Å²) in [7, 11) is -4.03. The summed E-state index contributed by atoms with van der Waals surface area (Å²) in [6.07, 6.45) is 0. The second-order valence-corrected chi connectivity index (χ2v) is 7.88. The van der Waals surface area contributed by atoms with Crippen LogP contribution >= 0.6 is 11.6 Å². The number of nitrogens with two attached hydrogens (primary N) is 1. The van der Waals surface area contributed by atoms with E-state index >= 15 is 0 Å². The molecule has 0 heterocycles. The Labute approximate surface area is 168 Å². The number of sulfonamides is 1. The van der Waals surface area contributed by atoms with E-state index in [0.717, 1.165) is 11.6 Å². The van der Waals surface area contributed by atoms with Gasteiger partial charge in [-0.15, -0.1) is 0 Å². The van der Waals surface area contributed by atoms with E-state index < -0.39 is 15.9 Å². The fourth-order valence-electron chi connectivity index (χ4n) is 2.44. The highest BCUT2D eigenvalue weighted by Gasteiger charge is 2.16. The molecule has 0 aliphatic heterocycles. The Morgan fingerprint density at radius 1 is 1.00 bits per heavy atom. The number of anilines is 1. The summed E-state index contributed by atoms with van der Waals surface area (Å²) in [4.78, 5) is 12.1. The van der Waals surface area contributed by atoms with Crippen molar-refractivity contribution in [2.24, 2.45) is 5.14 Å². The average molecular weight is 417 g/mol. The second-order valence-electron chi connectivity index (χ2n) is 5.94. The quantitative estimate of drug-likeness (QED) is 0.638. The number of primary sulfonamides is 1. The molecule has 6 nitrogen and oxygen atoms in total. The van der Waals surface area contributed by atoms with Gasteiger partial charge >= 0.3 is 0 Å². The van der Waals surface area contributed by atoms with Gasteiger partial charge < -0.3 is 10.1 Å². The number of rotatable bonds is 6. The monoisotopic (exact) mass is 416 g/mol. The van der Waals surface area contributed by atoms with E-state index in [0.29, 0.717) is 18.0 Å². The molecule has 0 spiro atoms. The fraction of sp³-hybridized carbons (Fsp3) is 0.0500. The fourth-order valence-corrected chi connectivity index (χ4v) is 3.51. The minimum atomic E-state index is -4.03. The summed E-state index contributed by atoms with van der Waals surface area (Å²) in [6, 6.07) is 20.5. The average Bonchev–Trinajstić information content (AvgIpc) is 2.67. The number of nitrogens with one attached hydrogen (secondary N) is 1. The Morgan fingerprint density at radius 2 is 1.68 bits per heavy atom. The van der Waals surface area contributed by atoms with Crippen molar-refractivity contribution in [1.82, 2.24) is 0 Å². The highest BCUT2D eigenvalue weighted by Crippen LogP contribution is 2.23. The van der Waals surface area contributed by atoms with Crippen molar-refractivity contribution in [3.05, 3.63) is 88.9 Å². The second kappa shape index (κ2) is 8.43. The SMILES string of the molecule is NS(=O)(=O)c1cc(C(=O)Nc2ccc(OCc3ccccc3)cc2)ccc1Cl. The molecule has 3 N–H and O–H groups in total. The van der Waals surface area contributed by atoms with Crippen LogP contribution in [0.4, 0.5) is 5.69 Å². The van der Waals surface area contributed by atoms with Crippen LogP contribution in [0.25, 0.3) is 0 Å². The van der Waals surface area contributed by atoms with Gasteiger partial charge in [0.1, 0.15) is 17.3 Å². The maximum atomic E-state index is 12.4. The number of hydrogen-bond acceptors (Lipinski definition) is 4. The summed E-state index contributed by atoms with van der Waals surface area (Å²) in [5.74, 6) is 0.171. The molecular formula is C20H17ClN2O4S. The number of hydrogen-bond donors (Lipinski definition) is 2. The third-order valence-electron chi connectivity index (χ3n) is 3.86. The Balaban J connectivity index is 1.66. The van der Waals surface area contributed by atoms with Crippen molar-refractivity contribution in [3.8, 4) is 5.75 Å². The van der Waals surface area contributed by atoms with Gasteiger partial charge in [0.15, 0.2) is 0 Å². The summed E-state index contributed by atoms with van der Waals surface area (Å²) in [5, 5.41) is 7.75. The molecule has 0 unspecified atom stereocenters. The van der Waals surface area contributed by atoms with Crippen LogP contribution in [-0.4, -0.2) is 14.3 Å². The molecule has 28 heavy (non-hydrogen) atoms. The minimum absolute atomic E-state index is 0.0426. The molecule has 0 bridgehead atoms. The Morgan fingerprint density at radius 3 is 2.32 bits per heavy atom. The number of carbonyl (C=O) groups excluding carboxylic acids is 1. The molecule has 8 heteroatoms. The Kier molecular flexibility index (Phi) is 5.99. The molecule has 1 amide bonds. The smallest absolute Gasteiger partial charge is 0.255 e. The van der Waals surface area contributed by atoms with Crippen molar-refractivity contribution < 1.29 is 17.9 Å². The molecule has 0 saturated heterocycles. The number of benzene rings is 3. The molecule has 0 saturated carbocycles. The molecule has 3 aromatic carbocycles. The van der Waals surface area contributed by atoms with Gasteiger partial charge in [-0.25, -0.2) is 13.6 Å². The molecule has 0 fully saturated rings. The molecule has 0 aliphatic rings. The summed E-state index contributed by atoms with van der Waals surface area (Å²) in [5.41, 5.74) is 1.70. The topological polar surface area (TPSA) is 98.5 Å². The molecular weight excluding hydrogens is 400 g/mol. The van der Waals surface area contributed by atoms with E-state index in [2.05, 4.69) is 5.32 Å². The molecule has 144 valence electrons. The summed E-state index contributed by atoms with van der Waals surface area (Å²) < 4.78 is 28.8. The number of ether oxygens (including phenoxy) is 1. The van der Waals surface area contributed by atoms with E-state index in [1.54, 1.807) is 24.3 Å². The zero-order valence-corrected chi connectivity index (χ0v) is 16.2. The molecule has 0 aliphatic carbocycles. The van der Waals surface area contributed by atoms with Gasteiger partial charge in [-0.2, -0.15) is 0 Å². The van der Waals surface area contributed by atoms with Gasteiger partial charge in [-0.05, 0) is 48.0 Å². The lowest BCUT2D eigenvalue weighted by molar-refractivity contribution is 0.102. The van der Waals surface area contributed by atoms with Crippen LogP contribution in [0.1, 0.15) is 15.9 Å². The van der Waals surface area contributed by atoms with E-state index in [9.17, 15) is 13.2 Å². The Hall–Kier alpha value is -2.87. The lowest BCUT2D eigenvalue weighted by atomic mass is 10.2. The normalized spacial score (nSPS) is 11.1. The van der Waals surface area contributed by atoms with Crippen LogP contribution in [0.15, 0.2) is 77.7 Å². The third-order valence-corrected chi connectivity index (χ3v) is 5.25. The van der Waals surface area contributed by atoms with Crippen molar-refractivity contribution in [3.63, 3.8) is 0 Å². The first-order valence-corrected chi connectivity index (χ1v) is 10.2. The largest absolute Gasteiger partial charge is 0.489 e. The standard InChI is InChI=1S/C20H17ClN2O4S/c21-18-11-6-15(12-19(18)28(22,25)26)20(24)23-16-7-9-17(10-8-16)27-13-14-4-2-1-3-5-14/h1-12H,13H2,(H,23,24)(H2,22,25,26). The molecule has 0 aromatic heterocycles. The number of carbonyl (C=O) groups is 1. The predicted molar refractivity (Wildman–Crippen MR) is 108 cm³/mol. The highest BCUT2D eigenvalue weighted by molar-refractivity contribution is 7.89. The third kappa shape index (κ3) is 5.10. The van der Waals surface area contributed by atoms with Crippen LogP contribution in [0.3, 0.4) is 0 Å². The zero-order valence-electron chi connectivity index (χ0n) is 14.6. The van der Waals surface area contributed by atoms with Crippen LogP contribution in [0.2, 0.25) is 5.02 Å². The Bertz CT molecular complexity index is 1080. The van der Waals surface area contributed by atoms with Crippen LogP contribution in [0, 0.1) is 0 Å². The van der Waals surface area contributed by atoms with E-state index in [4.69, 9.17) is 21.5 Å². The van der Waals surface area contributed by atoms with Crippen molar-refractivity contribution >= 4 is 33.2 Å². The minimum Gasteiger partial charge on any atom is -0.489 e. The van der Waals surface area contributed by atoms with Gasteiger partial charge in [0.2, 0.25) is 10.0 Å². The summed E-state index contributed by atoms with van der Waals surface area (Å²) in [6.45, 7) is 0.438. The first-order chi connectivity index (χ1) is 13.3. The van der Waals surface area contributed by atoms with Crippen molar-refractivity contribution in [1.29, 1.82) is 0 Å². The van der Waals surface area contributed by atoms with Gasteiger partial charge in [-0.1, -0.05) is 41.9 Å². The van der Waals surface area contributed by atoms with Crippen LogP contribution in [-0.2, 0) is 16.6 Å². The molecule has 3 aromatic rings. The van der Waals surface area contributed by atoms with E-state index in [1.165, 1.54) is 12.1 Å². The number of amides is 1. The van der Waals surface area contributed by atoms with E-state index in [-0.39, 0.29) is 15.5 Å². The van der Waals surface area contributed by atoms with Crippen LogP contribution < -0.4 is 15.2 Å². The van der Waals surface area contributed by atoms with Crippen molar-refractivity contribution in [2.45, 2.75) is 11.5 Å². The molecule has 0 radical (unpaired) electrons. The van der Waals surface area contributed by atoms with Gasteiger partial charge in [-0.3, -0.25) is 4.79 Å². The maximum Gasteiger partial charge on any atom is 0.255 e. The van der Waals surface area contributed by atoms with Crippen LogP contribution in [0.5, 0.6) is 5.75 Å². The lowest BCUT2D eigenvalue weighted by Gasteiger charge is -2.09. The van der Waals surface area contributed by atoms with Gasteiger partial charge in [0, 0.05) is 11.3 Å². The predicted octanol–water partition coefficient (Wildman–Crippen LogP) is 3.82. The zero-order chi connectivity index (χ0) is 20.1.